The third-order valence-electron chi connectivity index (χ3n) is 3.79. The maximum atomic E-state index is 10.2. The van der Waals surface area contributed by atoms with Crippen molar-refractivity contribution in [3.05, 3.63) is 42.9 Å². The minimum Gasteiger partial charge on any atom is -0.507 e. The van der Waals surface area contributed by atoms with Gasteiger partial charge >= 0.3 is 0 Å². The van der Waals surface area contributed by atoms with Crippen LogP contribution in [0.4, 0.5) is 5.82 Å². The Morgan fingerprint density at radius 1 is 1.29 bits per heavy atom. The Hall–Kier alpha value is -2.93. The second kappa shape index (κ2) is 7.10. The maximum Gasteiger partial charge on any atom is 0.165 e. The molecule has 3 rings (SSSR count). The molecule has 7 nitrogen and oxygen atoms in total. The van der Waals surface area contributed by atoms with Crippen LogP contribution in [0.3, 0.4) is 0 Å². The van der Waals surface area contributed by atoms with Gasteiger partial charge in [0.2, 0.25) is 0 Å². The number of anilines is 1. The summed E-state index contributed by atoms with van der Waals surface area (Å²) in [5.74, 6) is 1.26. The van der Waals surface area contributed by atoms with E-state index in [1.54, 1.807) is 30.7 Å². The summed E-state index contributed by atoms with van der Waals surface area (Å²) in [5, 5.41) is 20.1. The summed E-state index contributed by atoms with van der Waals surface area (Å²) in [4.78, 5) is 8.75. The third kappa shape index (κ3) is 3.52. The average Bonchev–Trinajstić information content (AvgIpc) is 3.15. The second-order valence-electron chi connectivity index (χ2n) is 5.53. The van der Waals surface area contributed by atoms with Gasteiger partial charge in [0, 0.05) is 30.5 Å². The van der Waals surface area contributed by atoms with Crippen LogP contribution < -0.4 is 11.1 Å². The number of rotatable bonds is 6. The highest BCUT2D eigenvalue weighted by molar-refractivity contribution is 5.74. The number of nitrogens with zero attached hydrogens (tertiary/aromatic N) is 3. The van der Waals surface area contributed by atoms with Gasteiger partial charge in [-0.25, -0.2) is 9.97 Å². The lowest BCUT2D eigenvalue weighted by molar-refractivity contribution is 0.477. The second-order valence-corrected chi connectivity index (χ2v) is 5.53. The van der Waals surface area contributed by atoms with Crippen LogP contribution in [0.15, 0.2) is 42.9 Å². The standard InChI is InChI=1S/C17H20N6O/c1-2-13(18)10-20-16-5-6-19-17(23-16)14-7-11(3-4-15(14)24)12-8-21-22-9-12/h3-9,13,24H,2,10,18H2,1H3,(H,21,22)(H,19,20,23). The largest absolute Gasteiger partial charge is 0.507 e. The Kier molecular flexibility index (Phi) is 4.72. The van der Waals surface area contributed by atoms with E-state index in [1.807, 2.05) is 19.1 Å². The molecule has 1 aromatic carbocycles. The number of hydrogen-bond acceptors (Lipinski definition) is 6. The maximum absolute atomic E-state index is 10.2. The van der Waals surface area contributed by atoms with Crippen molar-refractivity contribution in [1.29, 1.82) is 0 Å². The van der Waals surface area contributed by atoms with Crippen molar-refractivity contribution in [3.8, 4) is 28.3 Å². The van der Waals surface area contributed by atoms with E-state index in [0.29, 0.717) is 23.8 Å². The van der Waals surface area contributed by atoms with Crippen LogP contribution in [0.2, 0.25) is 0 Å². The predicted molar refractivity (Wildman–Crippen MR) is 93.5 cm³/mol. The molecule has 24 heavy (non-hydrogen) atoms. The molecule has 124 valence electrons. The van der Waals surface area contributed by atoms with Crippen molar-refractivity contribution in [1.82, 2.24) is 20.2 Å². The van der Waals surface area contributed by atoms with Crippen molar-refractivity contribution in [3.63, 3.8) is 0 Å². The van der Waals surface area contributed by atoms with E-state index in [1.165, 1.54) is 0 Å². The van der Waals surface area contributed by atoms with Crippen LogP contribution in [0.1, 0.15) is 13.3 Å². The van der Waals surface area contributed by atoms with Crippen LogP contribution in [0, 0.1) is 0 Å². The van der Waals surface area contributed by atoms with Crippen LogP contribution in [-0.2, 0) is 0 Å². The van der Waals surface area contributed by atoms with Crippen molar-refractivity contribution in [2.45, 2.75) is 19.4 Å². The lowest BCUT2D eigenvalue weighted by Crippen LogP contribution is -2.28. The van der Waals surface area contributed by atoms with Gasteiger partial charge in [-0.1, -0.05) is 13.0 Å². The van der Waals surface area contributed by atoms with Gasteiger partial charge < -0.3 is 16.2 Å². The van der Waals surface area contributed by atoms with Crippen LogP contribution in [0.25, 0.3) is 22.5 Å². The van der Waals surface area contributed by atoms with Gasteiger partial charge in [0.25, 0.3) is 0 Å². The number of aromatic nitrogens is 4. The number of benzene rings is 1. The zero-order chi connectivity index (χ0) is 16.9. The van der Waals surface area contributed by atoms with Gasteiger partial charge in [0.05, 0.1) is 11.8 Å². The van der Waals surface area contributed by atoms with Crippen LogP contribution >= 0.6 is 0 Å². The zero-order valence-electron chi connectivity index (χ0n) is 13.4. The Morgan fingerprint density at radius 2 is 2.17 bits per heavy atom. The smallest absolute Gasteiger partial charge is 0.165 e. The monoisotopic (exact) mass is 324 g/mol. The van der Waals surface area contributed by atoms with E-state index < -0.39 is 0 Å². The van der Waals surface area contributed by atoms with E-state index in [2.05, 4.69) is 25.5 Å². The van der Waals surface area contributed by atoms with Crippen molar-refractivity contribution in [2.75, 3.05) is 11.9 Å². The third-order valence-corrected chi connectivity index (χ3v) is 3.79. The molecule has 2 aromatic heterocycles. The number of phenolic OH excluding ortho intramolecular Hbond substituents is 1. The van der Waals surface area contributed by atoms with E-state index >= 15 is 0 Å². The van der Waals surface area contributed by atoms with Gasteiger partial charge in [-0.05, 0) is 30.2 Å². The fraction of sp³-hybridized carbons (Fsp3) is 0.235. The molecule has 1 atom stereocenters. The van der Waals surface area contributed by atoms with Gasteiger partial charge in [-0.3, -0.25) is 5.10 Å². The fourth-order valence-corrected chi connectivity index (χ4v) is 2.27. The van der Waals surface area contributed by atoms with E-state index in [0.717, 1.165) is 17.5 Å². The molecular weight excluding hydrogens is 304 g/mol. The Bertz CT molecular complexity index is 803. The van der Waals surface area contributed by atoms with Gasteiger partial charge in [0.15, 0.2) is 5.82 Å². The molecular formula is C17H20N6O. The Morgan fingerprint density at radius 3 is 2.92 bits per heavy atom. The highest BCUT2D eigenvalue weighted by Gasteiger charge is 2.11. The summed E-state index contributed by atoms with van der Waals surface area (Å²) in [6.07, 6.45) is 6.06. The minimum absolute atomic E-state index is 0.0706. The molecule has 0 aliphatic heterocycles. The molecule has 0 amide bonds. The van der Waals surface area contributed by atoms with E-state index in [4.69, 9.17) is 5.73 Å². The number of phenols is 1. The topological polar surface area (TPSA) is 113 Å². The number of nitrogens with two attached hydrogens (primary N) is 1. The normalized spacial score (nSPS) is 12.1. The summed E-state index contributed by atoms with van der Waals surface area (Å²) in [6, 6.07) is 7.15. The number of nitrogens with one attached hydrogen (secondary N) is 2. The lowest BCUT2D eigenvalue weighted by Gasteiger charge is -2.12. The number of aromatic amines is 1. The van der Waals surface area contributed by atoms with Crippen LogP contribution in [0.5, 0.6) is 5.75 Å². The summed E-state index contributed by atoms with van der Waals surface area (Å²) >= 11 is 0. The molecule has 0 fully saturated rings. The summed E-state index contributed by atoms with van der Waals surface area (Å²) < 4.78 is 0. The molecule has 1 unspecified atom stereocenters. The molecule has 0 aliphatic carbocycles. The number of aromatic hydroxyl groups is 1. The van der Waals surface area contributed by atoms with Crippen molar-refractivity contribution in [2.24, 2.45) is 5.73 Å². The average molecular weight is 324 g/mol. The summed E-state index contributed by atoms with van der Waals surface area (Å²) in [7, 11) is 0. The number of hydrogen-bond donors (Lipinski definition) is 4. The van der Waals surface area contributed by atoms with E-state index in [-0.39, 0.29) is 11.8 Å². The molecule has 5 N–H and O–H groups in total. The molecule has 0 aliphatic rings. The first-order valence-corrected chi connectivity index (χ1v) is 7.82. The Balaban J connectivity index is 1.90. The van der Waals surface area contributed by atoms with Crippen LogP contribution in [-0.4, -0.2) is 37.9 Å². The first-order valence-electron chi connectivity index (χ1n) is 7.82. The molecule has 0 saturated heterocycles. The molecule has 0 saturated carbocycles. The number of H-pyrrole nitrogens is 1. The van der Waals surface area contributed by atoms with Crippen molar-refractivity contribution < 1.29 is 5.11 Å². The lowest BCUT2D eigenvalue weighted by atomic mass is 10.0. The molecule has 0 radical (unpaired) electrons. The van der Waals surface area contributed by atoms with Gasteiger partial charge in [0.1, 0.15) is 11.6 Å². The Labute approximate surface area is 140 Å². The summed E-state index contributed by atoms with van der Waals surface area (Å²) in [6.45, 7) is 2.67. The quantitative estimate of drug-likeness (QED) is 0.554. The molecule has 2 heterocycles. The summed E-state index contributed by atoms with van der Waals surface area (Å²) in [5.41, 5.74) is 8.33. The van der Waals surface area contributed by atoms with Gasteiger partial charge in [-0.2, -0.15) is 5.10 Å². The predicted octanol–water partition coefficient (Wildman–Crippen LogP) is 2.39. The highest BCUT2D eigenvalue weighted by Crippen LogP contribution is 2.31. The first kappa shape index (κ1) is 15.9. The molecule has 7 heteroatoms. The fourth-order valence-electron chi connectivity index (χ4n) is 2.27. The van der Waals surface area contributed by atoms with Gasteiger partial charge in [-0.15, -0.1) is 0 Å². The minimum atomic E-state index is 0.0706. The zero-order valence-corrected chi connectivity index (χ0v) is 13.4. The molecule has 0 spiro atoms. The molecule has 0 bridgehead atoms. The van der Waals surface area contributed by atoms with E-state index in [9.17, 15) is 5.11 Å². The highest BCUT2D eigenvalue weighted by atomic mass is 16.3. The first-order chi connectivity index (χ1) is 11.7. The molecule has 3 aromatic rings. The van der Waals surface area contributed by atoms with Crippen molar-refractivity contribution >= 4 is 5.82 Å². The SMILES string of the molecule is CCC(N)CNc1ccnc(-c2cc(-c3cn[nH]c3)ccc2O)n1.